The van der Waals surface area contributed by atoms with Gasteiger partial charge in [0.2, 0.25) is 0 Å². The minimum atomic E-state index is -0.206. The zero-order chi connectivity index (χ0) is 11.1. The molecule has 0 spiro atoms. The molecule has 15 heavy (non-hydrogen) atoms. The Morgan fingerprint density at radius 3 is 2.47 bits per heavy atom. The average molecular weight is 216 g/mol. The van der Waals surface area contributed by atoms with Crippen molar-refractivity contribution in [1.82, 2.24) is 9.96 Å². The second kappa shape index (κ2) is 6.76. The molecule has 0 amide bonds. The van der Waals surface area contributed by atoms with Crippen molar-refractivity contribution in [3.8, 4) is 0 Å². The van der Waals surface area contributed by atoms with Gasteiger partial charge in [0, 0.05) is 39.6 Å². The fraction of sp³-hybridized carbons (Fsp3) is 0.900. The molecule has 1 aliphatic heterocycles. The number of esters is 1. The summed E-state index contributed by atoms with van der Waals surface area (Å²) < 4.78 is 4.89. The summed E-state index contributed by atoms with van der Waals surface area (Å²) in [5.41, 5.74) is 0. The Balaban J connectivity index is 2.06. The van der Waals surface area contributed by atoms with Gasteiger partial charge in [-0.2, -0.15) is 5.06 Å². The van der Waals surface area contributed by atoms with Gasteiger partial charge in [-0.05, 0) is 6.92 Å². The van der Waals surface area contributed by atoms with E-state index in [0.717, 1.165) is 39.3 Å². The summed E-state index contributed by atoms with van der Waals surface area (Å²) in [6.07, 6.45) is 0. The van der Waals surface area contributed by atoms with Crippen LogP contribution in [0.5, 0.6) is 0 Å². The zero-order valence-corrected chi connectivity index (χ0v) is 9.57. The Labute approximate surface area is 90.9 Å². The zero-order valence-electron chi connectivity index (χ0n) is 9.57. The van der Waals surface area contributed by atoms with Crippen molar-refractivity contribution in [3.63, 3.8) is 0 Å². The summed E-state index contributed by atoms with van der Waals surface area (Å²) in [6, 6.07) is 0. The van der Waals surface area contributed by atoms with Crippen LogP contribution in [0.1, 0.15) is 13.8 Å². The van der Waals surface area contributed by atoms with Crippen molar-refractivity contribution < 1.29 is 14.4 Å². The Morgan fingerprint density at radius 2 is 1.93 bits per heavy atom. The van der Waals surface area contributed by atoms with E-state index in [4.69, 9.17) is 9.57 Å². The molecule has 1 heterocycles. The van der Waals surface area contributed by atoms with E-state index in [-0.39, 0.29) is 5.97 Å². The van der Waals surface area contributed by atoms with E-state index < -0.39 is 0 Å². The standard InChI is InChI=1S/C10H20N2O3/c1-3-15-12-6-4-11(5-7-12)8-9-14-10(2)13/h3-9H2,1-2H3. The van der Waals surface area contributed by atoms with Crippen LogP contribution in [0.2, 0.25) is 0 Å². The summed E-state index contributed by atoms with van der Waals surface area (Å²) >= 11 is 0. The van der Waals surface area contributed by atoms with Crippen LogP contribution >= 0.6 is 0 Å². The third kappa shape index (κ3) is 5.11. The van der Waals surface area contributed by atoms with Gasteiger partial charge < -0.3 is 4.74 Å². The number of carbonyl (C=O) groups is 1. The SMILES string of the molecule is CCON1CCN(CCOC(C)=O)CC1. The van der Waals surface area contributed by atoms with Gasteiger partial charge in [-0.3, -0.25) is 14.5 Å². The van der Waals surface area contributed by atoms with Crippen molar-refractivity contribution in [1.29, 1.82) is 0 Å². The maximum Gasteiger partial charge on any atom is 0.302 e. The molecule has 0 aromatic heterocycles. The molecule has 88 valence electrons. The lowest BCUT2D eigenvalue weighted by Crippen LogP contribution is -2.47. The molecule has 1 rings (SSSR count). The highest BCUT2D eigenvalue weighted by molar-refractivity contribution is 5.65. The molecule has 0 aromatic carbocycles. The van der Waals surface area contributed by atoms with Crippen LogP contribution in [0, 0.1) is 0 Å². The molecule has 0 atom stereocenters. The molecule has 5 heteroatoms. The van der Waals surface area contributed by atoms with Crippen molar-refractivity contribution in [3.05, 3.63) is 0 Å². The molecular formula is C10H20N2O3. The van der Waals surface area contributed by atoms with Gasteiger partial charge in [0.1, 0.15) is 6.61 Å². The Morgan fingerprint density at radius 1 is 1.27 bits per heavy atom. The molecule has 0 aliphatic carbocycles. The first kappa shape index (κ1) is 12.4. The number of rotatable bonds is 5. The van der Waals surface area contributed by atoms with Crippen molar-refractivity contribution in [2.45, 2.75) is 13.8 Å². The van der Waals surface area contributed by atoms with Gasteiger partial charge in [-0.25, -0.2) is 0 Å². The van der Waals surface area contributed by atoms with Crippen molar-refractivity contribution >= 4 is 5.97 Å². The first-order chi connectivity index (χ1) is 7.22. The van der Waals surface area contributed by atoms with Crippen molar-refractivity contribution in [2.75, 3.05) is 45.9 Å². The molecule has 0 unspecified atom stereocenters. The number of hydrogen-bond donors (Lipinski definition) is 0. The molecule has 0 bridgehead atoms. The van der Waals surface area contributed by atoms with Gasteiger partial charge in [0.05, 0.1) is 6.61 Å². The molecule has 0 radical (unpaired) electrons. The lowest BCUT2D eigenvalue weighted by molar-refractivity contribution is -0.173. The minimum Gasteiger partial charge on any atom is -0.465 e. The molecule has 0 aromatic rings. The minimum absolute atomic E-state index is 0.206. The average Bonchev–Trinajstić information content (AvgIpc) is 2.20. The maximum absolute atomic E-state index is 10.6. The summed E-state index contributed by atoms with van der Waals surface area (Å²) in [5, 5.41) is 1.99. The second-order valence-electron chi connectivity index (χ2n) is 3.53. The highest BCUT2D eigenvalue weighted by Gasteiger charge is 2.16. The van der Waals surface area contributed by atoms with E-state index in [1.165, 1.54) is 6.92 Å². The van der Waals surface area contributed by atoms with Crippen molar-refractivity contribution in [2.24, 2.45) is 0 Å². The van der Waals surface area contributed by atoms with E-state index in [1.54, 1.807) is 0 Å². The lowest BCUT2D eigenvalue weighted by atomic mass is 10.3. The van der Waals surface area contributed by atoms with Crippen LogP contribution in [0.25, 0.3) is 0 Å². The smallest absolute Gasteiger partial charge is 0.302 e. The molecule has 1 saturated heterocycles. The third-order valence-electron chi connectivity index (χ3n) is 2.36. The van der Waals surface area contributed by atoms with Crippen LogP contribution < -0.4 is 0 Å². The van der Waals surface area contributed by atoms with Crippen LogP contribution in [0.4, 0.5) is 0 Å². The molecule has 1 aliphatic rings. The molecular weight excluding hydrogens is 196 g/mol. The first-order valence-corrected chi connectivity index (χ1v) is 5.46. The highest BCUT2D eigenvalue weighted by atomic mass is 16.7. The van der Waals surface area contributed by atoms with E-state index in [2.05, 4.69) is 4.90 Å². The van der Waals surface area contributed by atoms with Gasteiger partial charge in [-0.1, -0.05) is 0 Å². The monoisotopic (exact) mass is 216 g/mol. The van der Waals surface area contributed by atoms with Crippen LogP contribution in [0.15, 0.2) is 0 Å². The topological polar surface area (TPSA) is 42.0 Å². The largest absolute Gasteiger partial charge is 0.465 e. The lowest BCUT2D eigenvalue weighted by Gasteiger charge is -2.33. The molecule has 5 nitrogen and oxygen atoms in total. The predicted octanol–water partition coefficient (Wildman–Crippen LogP) is 0.119. The predicted molar refractivity (Wildman–Crippen MR) is 56.3 cm³/mol. The molecule has 1 fully saturated rings. The number of nitrogens with zero attached hydrogens (tertiary/aromatic N) is 2. The number of hydrogen-bond acceptors (Lipinski definition) is 5. The molecule has 0 N–H and O–H groups in total. The van der Waals surface area contributed by atoms with E-state index in [9.17, 15) is 4.79 Å². The Hall–Kier alpha value is -0.650. The fourth-order valence-corrected chi connectivity index (χ4v) is 1.58. The summed E-state index contributed by atoms with van der Waals surface area (Å²) in [4.78, 5) is 18.2. The Bertz CT molecular complexity index is 191. The van der Waals surface area contributed by atoms with Gasteiger partial charge >= 0.3 is 5.97 Å². The first-order valence-electron chi connectivity index (χ1n) is 5.46. The summed E-state index contributed by atoms with van der Waals surface area (Å²) in [5.74, 6) is -0.206. The number of carbonyl (C=O) groups excluding carboxylic acids is 1. The molecule has 0 saturated carbocycles. The van der Waals surface area contributed by atoms with Gasteiger partial charge in [0.25, 0.3) is 0 Å². The summed E-state index contributed by atoms with van der Waals surface area (Å²) in [6.45, 7) is 9.27. The van der Waals surface area contributed by atoms with E-state index in [1.807, 2.05) is 12.0 Å². The van der Waals surface area contributed by atoms with Crippen LogP contribution in [-0.4, -0.2) is 61.9 Å². The van der Waals surface area contributed by atoms with E-state index in [0.29, 0.717) is 6.61 Å². The van der Waals surface area contributed by atoms with Gasteiger partial charge in [0.15, 0.2) is 0 Å². The third-order valence-corrected chi connectivity index (χ3v) is 2.36. The van der Waals surface area contributed by atoms with E-state index >= 15 is 0 Å². The maximum atomic E-state index is 10.6. The fourth-order valence-electron chi connectivity index (χ4n) is 1.58. The number of piperazine rings is 1. The van der Waals surface area contributed by atoms with Gasteiger partial charge in [-0.15, -0.1) is 0 Å². The normalized spacial score (nSPS) is 19.1. The number of hydroxylamine groups is 2. The number of ether oxygens (including phenoxy) is 1. The Kier molecular flexibility index (Phi) is 5.60. The second-order valence-corrected chi connectivity index (χ2v) is 3.53. The van der Waals surface area contributed by atoms with Crippen LogP contribution in [-0.2, 0) is 14.4 Å². The quantitative estimate of drug-likeness (QED) is 0.611. The highest BCUT2D eigenvalue weighted by Crippen LogP contribution is 2.01. The summed E-state index contributed by atoms with van der Waals surface area (Å²) in [7, 11) is 0. The van der Waals surface area contributed by atoms with Crippen LogP contribution in [0.3, 0.4) is 0 Å².